The number of hydrogen-bond acceptors (Lipinski definition) is 3. The van der Waals surface area contributed by atoms with E-state index in [1.54, 1.807) is 11.3 Å². The van der Waals surface area contributed by atoms with Crippen LogP contribution in [0, 0.1) is 18.3 Å². The maximum absolute atomic E-state index is 8.68. The number of nitrogens with two attached hydrogens (primary N) is 1. The lowest BCUT2D eigenvalue weighted by Gasteiger charge is -2.01. The Morgan fingerprint density at radius 1 is 1.50 bits per heavy atom. The van der Waals surface area contributed by atoms with Crippen molar-refractivity contribution in [2.75, 3.05) is 5.73 Å². The molecule has 3 heteroatoms. The lowest BCUT2D eigenvalue weighted by Crippen LogP contribution is -1.87. The number of fused-ring (bicyclic) bond motifs is 1. The van der Waals surface area contributed by atoms with Gasteiger partial charge in [0.25, 0.3) is 0 Å². The number of thiophene rings is 1. The molecule has 0 spiro atoms. The second-order valence-corrected chi connectivity index (χ2v) is 4.15. The van der Waals surface area contributed by atoms with E-state index in [0.717, 1.165) is 21.3 Å². The van der Waals surface area contributed by atoms with Gasteiger partial charge in [-0.3, -0.25) is 0 Å². The van der Waals surface area contributed by atoms with E-state index in [0.29, 0.717) is 6.42 Å². The summed E-state index contributed by atoms with van der Waals surface area (Å²) in [5.41, 5.74) is 8.96. The van der Waals surface area contributed by atoms with Crippen molar-refractivity contribution in [2.24, 2.45) is 0 Å². The second-order valence-electron chi connectivity index (χ2n) is 3.27. The highest BCUT2D eigenvalue weighted by molar-refractivity contribution is 7.18. The van der Waals surface area contributed by atoms with Gasteiger partial charge in [0.05, 0.1) is 17.2 Å². The third-order valence-corrected chi connectivity index (χ3v) is 3.38. The molecule has 0 bridgehead atoms. The predicted molar refractivity (Wildman–Crippen MR) is 60.3 cm³/mol. The van der Waals surface area contributed by atoms with Crippen molar-refractivity contribution in [1.82, 2.24) is 0 Å². The molecule has 0 aliphatic rings. The number of nitriles is 1. The third-order valence-electron chi connectivity index (χ3n) is 2.31. The molecule has 2 N–H and O–H groups in total. The van der Waals surface area contributed by atoms with Crippen molar-refractivity contribution in [2.45, 2.75) is 13.3 Å². The maximum Gasteiger partial charge on any atom is 0.0670 e. The van der Waals surface area contributed by atoms with E-state index >= 15 is 0 Å². The molecule has 2 rings (SSSR count). The van der Waals surface area contributed by atoms with Crippen LogP contribution in [0.15, 0.2) is 17.5 Å². The molecule has 1 heterocycles. The van der Waals surface area contributed by atoms with Crippen molar-refractivity contribution in [3.63, 3.8) is 0 Å². The highest BCUT2D eigenvalue weighted by atomic mass is 32.1. The zero-order chi connectivity index (χ0) is 10.1. The number of rotatable bonds is 1. The standard InChI is InChI=1S/C11H10N2S/c1-7-2-3-9(13)11-10(7)8(4-5-12)6-14-11/h2-3,6H,4,13H2,1H3. The number of nitrogen functional groups attached to an aromatic ring is 1. The SMILES string of the molecule is Cc1ccc(N)c2scc(CC#N)c12. The zero-order valence-corrected chi connectivity index (χ0v) is 8.69. The van der Waals surface area contributed by atoms with Crippen molar-refractivity contribution in [3.8, 4) is 6.07 Å². The smallest absolute Gasteiger partial charge is 0.0670 e. The molecule has 2 nitrogen and oxygen atoms in total. The van der Waals surface area contributed by atoms with E-state index in [1.165, 1.54) is 5.56 Å². The van der Waals surface area contributed by atoms with E-state index in [-0.39, 0.29) is 0 Å². The lowest BCUT2D eigenvalue weighted by atomic mass is 10.1. The highest BCUT2D eigenvalue weighted by Gasteiger charge is 2.08. The van der Waals surface area contributed by atoms with Crippen LogP contribution in [0.4, 0.5) is 5.69 Å². The molecule has 0 saturated carbocycles. The minimum Gasteiger partial charge on any atom is -0.398 e. The topological polar surface area (TPSA) is 49.8 Å². The van der Waals surface area contributed by atoms with Crippen molar-refractivity contribution in [3.05, 3.63) is 28.6 Å². The van der Waals surface area contributed by atoms with Crippen LogP contribution in [-0.4, -0.2) is 0 Å². The summed E-state index contributed by atoms with van der Waals surface area (Å²) < 4.78 is 1.11. The minimum atomic E-state index is 0.463. The van der Waals surface area contributed by atoms with Gasteiger partial charge in [-0.25, -0.2) is 0 Å². The number of anilines is 1. The summed E-state index contributed by atoms with van der Waals surface area (Å²) >= 11 is 1.62. The third kappa shape index (κ3) is 1.24. The first kappa shape index (κ1) is 9.04. The van der Waals surface area contributed by atoms with Crippen LogP contribution >= 0.6 is 11.3 Å². The molecule has 14 heavy (non-hydrogen) atoms. The zero-order valence-electron chi connectivity index (χ0n) is 7.87. The van der Waals surface area contributed by atoms with E-state index < -0.39 is 0 Å². The Hall–Kier alpha value is -1.53. The summed E-state index contributed by atoms with van der Waals surface area (Å²) in [6.07, 6.45) is 0.463. The molecule has 0 unspecified atom stereocenters. The van der Waals surface area contributed by atoms with E-state index in [9.17, 15) is 0 Å². The van der Waals surface area contributed by atoms with E-state index in [1.807, 2.05) is 17.5 Å². The predicted octanol–water partition coefficient (Wildman–Crippen LogP) is 2.86. The van der Waals surface area contributed by atoms with Crippen LogP contribution in [-0.2, 0) is 6.42 Å². The number of aryl methyl sites for hydroxylation is 1. The Kier molecular flexibility index (Phi) is 2.14. The fraction of sp³-hybridized carbons (Fsp3) is 0.182. The van der Waals surface area contributed by atoms with Crippen LogP contribution in [0.3, 0.4) is 0 Å². The van der Waals surface area contributed by atoms with Gasteiger partial charge in [-0.2, -0.15) is 5.26 Å². The number of benzene rings is 1. The van der Waals surface area contributed by atoms with Gasteiger partial charge >= 0.3 is 0 Å². The molecule has 1 aromatic carbocycles. The quantitative estimate of drug-likeness (QED) is 0.723. The first-order valence-corrected chi connectivity index (χ1v) is 5.24. The molecule has 0 atom stereocenters. The molecular weight excluding hydrogens is 192 g/mol. The van der Waals surface area contributed by atoms with Crippen LogP contribution in [0.2, 0.25) is 0 Å². The average molecular weight is 202 g/mol. The largest absolute Gasteiger partial charge is 0.398 e. The van der Waals surface area contributed by atoms with Gasteiger partial charge in [0, 0.05) is 11.1 Å². The van der Waals surface area contributed by atoms with Gasteiger partial charge in [-0.15, -0.1) is 11.3 Å². The van der Waals surface area contributed by atoms with Gasteiger partial charge in [0.1, 0.15) is 0 Å². The molecule has 0 fully saturated rings. The first-order chi connectivity index (χ1) is 6.74. The lowest BCUT2D eigenvalue weighted by molar-refractivity contribution is 1.30. The van der Waals surface area contributed by atoms with Gasteiger partial charge in [-0.05, 0) is 29.5 Å². The monoisotopic (exact) mass is 202 g/mol. The molecule has 1 aromatic heterocycles. The molecule has 0 aliphatic heterocycles. The minimum absolute atomic E-state index is 0.463. The Balaban J connectivity index is 2.78. The summed E-state index contributed by atoms with van der Waals surface area (Å²) in [7, 11) is 0. The molecule has 0 amide bonds. The van der Waals surface area contributed by atoms with Crippen molar-refractivity contribution < 1.29 is 0 Å². The number of nitrogens with zero attached hydrogens (tertiary/aromatic N) is 1. The Morgan fingerprint density at radius 2 is 2.29 bits per heavy atom. The molecule has 0 aliphatic carbocycles. The Morgan fingerprint density at radius 3 is 3.00 bits per heavy atom. The average Bonchev–Trinajstić information content (AvgIpc) is 2.58. The van der Waals surface area contributed by atoms with Gasteiger partial charge in [0.2, 0.25) is 0 Å². The second kappa shape index (κ2) is 3.32. The Labute approximate surface area is 86.6 Å². The molecule has 0 radical (unpaired) electrons. The van der Waals surface area contributed by atoms with E-state index in [2.05, 4.69) is 13.0 Å². The number of hydrogen-bond donors (Lipinski definition) is 1. The first-order valence-electron chi connectivity index (χ1n) is 4.36. The van der Waals surface area contributed by atoms with Crippen LogP contribution in [0.1, 0.15) is 11.1 Å². The van der Waals surface area contributed by atoms with E-state index in [4.69, 9.17) is 11.0 Å². The summed E-state index contributed by atoms with van der Waals surface area (Å²) in [5.74, 6) is 0. The van der Waals surface area contributed by atoms with Gasteiger partial charge in [-0.1, -0.05) is 6.07 Å². The van der Waals surface area contributed by atoms with Crippen molar-refractivity contribution in [1.29, 1.82) is 5.26 Å². The molecule has 0 saturated heterocycles. The van der Waals surface area contributed by atoms with Crippen LogP contribution in [0.25, 0.3) is 10.1 Å². The van der Waals surface area contributed by atoms with Crippen LogP contribution in [0.5, 0.6) is 0 Å². The summed E-state index contributed by atoms with van der Waals surface area (Å²) in [4.78, 5) is 0. The Bertz CT molecular complexity index is 520. The van der Waals surface area contributed by atoms with Crippen LogP contribution < -0.4 is 5.73 Å². The summed E-state index contributed by atoms with van der Waals surface area (Å²) in [5, 5.41) is 11.9. The molecule has 2 aromatic rings. The maximum atomic E-state index is 8.68. The van der Waals surface area contributed by atoms with Crippen molar-refractivity contribution >= 4 is 27.1 Å². The molecule has 70 valence electrons. The van der Waals surface area contributed by atoms with Gasteiger partial charge < -0.3 is 5.73 Å². The summed E-state index contributed by atoms with van der Waals surface area (Å²) in [6.45, 7) is 2.05. The molecular formula is C11H10N2S. The normalized spacial score (nSPS) is 10.3. The fourth-order valence-corrected chi connectivity index (χ4v) is 2.70. The van der Waals surface area contributed by atoms with Gasteiger partial charge in [0.15, 0.2) is 0 Å². The fourth-order valence-electron chi connectivity index (χ4n) is 1.63. The highest BCUT2D eigenvalue weighted by Crippen LogP contribution is 2.33. The summed E-state index contributed by atoms with van der Waals surface area (Å²) in [6, 6.07) is 6.10.